The SMILES string of the molecule is CCOC(=O)C1(Cc2ccco2)CCCCC1=O. The van der Waals surface area contributed by atoms with Gasteiger partial charge in [0, 0.05) is 12.8 Å². The summed E-state index contributed by atoms with van der Waals surface area (Å²) in [6, 6.07) is 3.56. The second-order valence-corrected chi connectivity index (χ2v) is 4.69. The van der Waals surface area contributed by atoms with Crippen molar-refractivity contribution in [3.63, 3.8) is 0 Å². The van der Waals surface area contributed by atoms with Crippen LogP contribution < -0.4 is 0 Å². The molecular formula is C14H18O4. The summed E-state index contributed by atoms with van der Waals surface area (Å²) in [5.41, 5.74) is -1.02. The molecule has 1 saturated carbocycles. The van der Waals surface area contributed by atoms with Crippen LogP contribution in [0.1, 0.15) is 38.4 Å². The molecule has 0 aliphatic heterocycles. The van der Waals surface area contributed by atoms with E-state index in [-0.39, 0.29) is 5.78 Å². The van der Waals surface area contributed by atoms with Crippen molar-refractivity contribution in [3.05, 3.63) is 24.2 Å². The van der Waals surface area contributed by atoms with Gasteiger partial charge >= 0.3 is 5.97 Å². The molecule has 0 saturated heterocycles. The number of hydrogen-bond donors (Lipinski definition) is 0. The van der Waals surface area contributed by atoms with Crippen LogP contribution in [0.4, 0.5) is 0 Å². The Morgan fingerprint density at radius 2 is 2.33 bits per heavy atom. The molecule has 18 heavy (non-hydrogen) atoms. The molecule has 98 valence electrons. The van der Waals surface area contributed by atoms with Crippen LogP contribution in [0.3, 0.4) is 0 Å². The number of hydrogen-bond acceptors (Lipinski definition) is 4. The molecule has 1 fully saturated rings. The van der Waals surface area contributed by atoms with E-state index in [1.54, 1.807) is 25.3 Å². The minimum absolute atomic E-state index is 0.0106. The monoisotopic (exact) mass is 250 g/mol. The van der Waals surface area contributed by atoms with Gasteiger partial charge in [0.2, 0.25) is 0 Å². The first kappa shape index (κ1) is 12.9. The van der Waals surface area contributed by atoms with Crippen molar-refractivity contribution in [2.45, 2.75) is 39.0 Å². The lowest BCUT2D eigenvalue weighted by molar-refractivity contribution is -0.162. The standard InChI is InChI=1S/C14H18O4/c1-2-17-13(16)14(8-4-3-7-12(14)15)10-11-6-5-9-18-11/h5-6,9H,2-4,7-8,10H2,1H3. The lowest BCUT2D eigenvalue weighted by atomic mass is 9.70. The molecule has 1 aromatic rings. The maximum absolute atomic E-state index is 12.2. The number of ether oxygens (including phenoxy) is 1. The van der Waals surface area contributed by atoms with Crippen LogP contribution in [0.5, 0.6) is 0 Å². The molecule has 4 nitrogen and oxygen atoms in total. The van der Waals surface area contributed by atoms with E-state index in [9.17, 15) is 9.59 Å². The number of furan rings is 1. The zero-order valence-corrected chi connectivity index (χ0v) is 10.6. The Balaban J connectivity index is 2.26. The molecule has 0 spiro atoms. The Morgan fingerprint density at radius 1 is 1.50 bits per heavy atom. The highest BCUT2D eigenvalue weighted by atomic mass is 16.5. The highest BCUT2D eigenvalue weighted by Gasteiger charge is 2.48. The van der Waals surface area contributed by atoms with Crippen LogP contribution >= 0.6 is 0 Å². The normalized spacial score (nSPS) is 23.9. The summed E-state index contributed by atoms with van der Waals surface area (Å²) in [6.07, 6.45) is 4.63. The third kappa shape index (κ3) is 2.33. The zero-order chi connectivity index (χ0) is 13.0. The van der Waals surface area contributed by atoms with Gasteiger partial charge < -0.3 is 9.15 Å². The third-order valence-electron chi connectivity index (χ3n) is 3.51. The molecule has 1 aliphatic rings. The average molecular weight is 250 g/mol. The molecule has 1 atom stereocenters. The van der Waals surface area contributed by atoms with Crippen LogP contribution in [0.2, 0.25) is 0 Å². The molecule has 1 aromatic heterocycles. The van der Waals surface area contributed by atoms with Gasteiger partial charge in [-0.2, -0.15) is 0 Å². The quantitative estimate of drug-likeness (QED) is 0.608. The second-order valence-electron chi connectivity index (χ2n) is 4.69. The summed E-state index contributed by atoms with van der Waals surface area (Å²) in [5.74, 6) is 0.257. The zero-order valence-electron chi connectivity index (χ0n) is 10.6. The lowest BCUT2D eigenvalue weighted by Crippen LogP contribution is -2.44. The summed E-state index contributed by atoms with van der Waals surface area (Å²) in [4.78, 5) is 24.4. The molecule has 2 rings (SSSR count). The molecule has 0 aromatic carbocycles. The average Bonchev–Trinajstić information content (AvgIpc) is 2.85. The van der Waals surface area contributed by atoms with Gasteiger partial charge in [-0.3, -0.25) is 9.59 Å². The number of rotatable bonds is 4. The topological polar surface area (TPSA) is 56.5 Å². The van der Waals surface area contributed by atoms with Gasteiger partial charge in [0.1, 0.15) is 11.2 Å². The van der Waals surface area contributed by atoms with Crippen LogP contribution in [0.15, 0.2) is 22.8 Å². The van der Waals surface area contributed by atoms with E-state index in [1.807, 2.05) is 0 Å². The van der Waals surface area contributed by atoms with Crippen molar-refractivity contribution in [3.8, 4) is 0 Å². The Labute approximate surface area is 106 Å². The van der Waals surface area contributed by atoms with E-state index >= 15 is 0 Å². The Hall–Kier alpha value is -1.58. The second kappa shape index (κ2) is 5.38. The van der Waals surface area contributed by atoms with E-state index < -0.39 is 11.4 Å². The predicted molar refractivity (Wildman–Crippen MR) is 65.0 cm³/mol. The Bertz CT molecular complexity index is 421. The smallest absolute Gasteiger partial charge is 0.320 e. The molecule has 0 radical (unpaired) electrons. The first-order valence-electron chi connectivity index (χ1n) is 6.42. The van der Waals surface area contributed by atoms with Crippen LogP contribution in [0, 0.1) is 5.41 Å². The largest absolute Gasteiger partial charge is 0.469 e. The van der Waals surface area contributed by atoms with Crippen LogP contribution in [-0.4, -0.2) is 18.4 Å². The maximum atomic E-state index is 12.2. The Morgan fingerprint density at radius 3 is 2.94 bits per heavy atom. The predicted octanol–water partition coefficient (Wildman–Crippen LogP) is 2.51. The summed E-state index contributed by atoms with van der Waals surface area (Å²) in [6.45, 7) is 2.05. The van der Waals surface area contributed by atoms with Crippen molar-refractivity contribution in [2.75, 3.05) is 6.61 Å². The number of carbonyl (C=O) groups excluding carboxylic acids is 2. The molecule has 1 aliphatic carbocycles. The van der Waals surface area contributed by atoms with Gasteiger partial charge in [-0.05, 0) is 31.9 Å². The van der Waals surface area contributed by atoms with Gasteiger partial charge in [0.15, 0.2) is 5.78 Å². The number of esters is 1. The van der Waals surface area contributed by atoms with E-state index in [2.05, 4.69) is 0 Å². The fourth-order valence-electron chi connectivity index (χ4n) is 2.55. The summed E-state index contributed by atoms with van der Waals surface area (Å²) in [7, 11) is 0. The molecule has 4 heteroatoms. The highest BCUT2D eigenvalue weighted by Crippen LogP contribution is 2.38. The molecular weight excluding hydrogens is 232 g/mol. The van der Waals surface area contributed by atoms with Gasteiger partial charge in [-0.1, -0.05) is 6.42 Å². The van der Waals surface area contributed by atoms with Crippen LogP contribution in [-0.2, 0) is 20.7 Å². The van der Waals surface area contributed by atoms with Gasteiger partial charge in [0.05, 0.1) is 12.9 Å². The van der Waals surface area contributed by atoms with Gasteiger partial charge in [-0.15, -0.1) is 0 Å². The van der Waals surface area contributed by atoms with E-state index in [1.165, 1.54) is 0 Å². The summed E-state index contributed by atoms with van der Waals surface area (Å²) >= 11 is 0. The van der Waals surface area contributed by atoms with Crippen molar-refractivity contribution in [2.24, 2.45) is 5.41 Å². The van der Waals surface area contributed by atoms with Crippen LogP contribution in [0.25, 0.3) is 0 Å². The van der Waals surface area contributed by atoms with Crippen molar-refractivity contribution in [1.82, 2.24) is 0 Å². The van der Waals surface area contributed by atoms with E-state index in [0.717, 1.165) is 12.8 Å². The Kier molecular flexibility index (Phi) is 3.84. The summed E-state index contributed by atoms with van der Waals surface area (Å²) in [5, 5.41) is 0. The molecule has 0 bridgehead atoms. The van der Waals surface area contributed by atoms with Gasteiger partial charge in [0.25, 0.3) is 0 Å². The highest BCUT2D eigenvalue weighted by molar-refractivity contribution is 6.04. The lowest BCUT2D eigenvalue weighted by Gasteiger charge is -2.32. The summed E-state index contributed by atoms with van der Waals surface area (Å²) < 4.78 is 10.4. The first-order chi connectivity index (χ1) is 8.69. The fraction of sp³-hybridized carbons (Fsp3) is 0.571. The van der Waals surface area contributed by atoms with Gasteiger partial charge in [-0.25, -0.2) is 0 Å². The third-order valence-corrected chi connectivity index (χ3v) is 3.51. The molecule has 1 unspecified atom stereocenters. The van der Waals surface area contributed by atoms with E-state index in [4.69, 9.17) is 9.15 Å². The minimum Gasteiger partial charge on any atom is -0.469 e. The van der Waals surface area contributed by atoms with Crippen molar-refractivity contribution in [1.29, 1.82) is 0 Å². The van der Waals surface area contributed by atoms with Crippen molar-refractivity contribution >= 4 is 11.8 Å². The number of Topliss-reactive ketones (excluding diaryl/α,β-unsaturated/α-hetero) is 1. The molecule has 1 heterocycles. The molecule has 0 amide bonds. The fourth-order valence-corrected chi connectivity index (χ4v) is 2.55. The number of carbonyl (C=O) groups is 2. The first-order valence-corrected chi connectivity index (χ1v) is 6.42. The van der Waals surface area contributed by atoms with Crippen molar-refractivity contribution < 1.29 is 18.7 Å². The maximum Gasteiger partial charge on any atom is 0.320 e. The number of ketones is 1. The molecule has 0 N–H and O–H groups in total. The minimum atomic E-state index is -1.02. The van der Waals surface area contributed by atoms with E-state index in [0.29, 0.717) is 31.6 Å².